The van der Waals surface area contributed by atoms with Gasteiger partial charge in [0.15, 0.2) is 0 Å². The zero-order valence-corrected chi connectivity index (χ0v) is 11.5. The third-order valence-electron chi connectivity index (χ3n) is 2.06. The van der Waals surface area contributed by atoms with Crippen LogP contribution in [0.5, 0.6) is 0 Å². The van der Waals surface area contributed by atoms with Crippen molar-refractivity contribution in [2.45, 2.75) is 6.92 Å². The van der Waals surface area contributed by atoms with Gasteiger partial charge in [0, 0.05) is 9.75 Å². The molecule has 16 heavy (non-hydrogen) atoms. The molecule has 0 amide bonds. The first-order valence-electron chi connectivity index (χ1n) is 4.38. The first-order valence-corrected chi connectivity index (χ1v) is 6.80. The number of aromatic carboxylic acids is 1. The molecule has 3 N–H and O–H groups in total. The molecule has 3 nitrogen and oxygen atoms in total. The van der Waals surface area contributed by atoms with Crippen molar-refractivity contribution in [2.24, 2.45) is 0 Å². The molecular weight excluding hydrogens is 310 g/mol. The highest BCUT2D eigenvalue weighted by Gasteiger charge is 2.15. The molecule has 0 aliphatic heterocycles. The Morgan fingerprint density at radius 1 is 1.38 bits per heavy atom. The number of rotatable bonds is 2. The van der Waals surface area contributed by atoms with E-state index in [2.05, 4.69) is 15.9 Å². The number of hydrogen-bond acceptors (Lipinski definition) is 4. The Bertz CT molecular complexity index is 540. The number of nitrogens with two attached hydrogens (primary N) is 1. The van der Waals surface area contributed by atoms with E-state index in [9.17, 15) is 4.79 Å². The summed E-state index contributed by atoms with van der Waals surface area (Å²) < 4.78 is 1.06. The predicted octanol–water partition coefficient (Wildman–Crippen LogP) is 3.83. The summed E-state index contributed by atoms with van der Waals surface area (Å²) in [5.41, 5.74) is 7.12. The van der Waals surface area contributed by atoms with Crippen molar-refractivity contribution in [3.05, 3.63) is 26.4 Å². The maximum absolute atomic E-state index is 10.9. The average Bonchev–Trinajstić information content (AvgIpc) is 2.71. The van der Waals surface area contributed by atoms with E-state index < -0.39 is 5.97 Å². The summed E-state index contributed by atoms with van der Waals surface area (Å²) in [5, 5.41) is 8.91. The van der Waals surface area contributed by atoms with Gasteiger partial charge in [-0.05, 0) is 40.5 Å². The largest absolute Gasteiger partial charge is 0.477 e. The van der Waals surface area contributed by atoms with Gasteiger partial charge in [-0.3, -0.25) is 0 Å². The van der Waals surface area contributed by atoms with Crippen molar-refractivity contribution in [1.29, 1.82) is 0 Å². The Labute approximate surface area is 109 Å². The number of thiophene rings is 2. The van der Waals surface area contributed by atoms with Crippen molar-refractivity contribution in [2.75, 3.05) is 5.73 Å². The van der Waals surface area contributed by atoms with Gasteiger partial charge in [0.05, 0.1) is 9.47 Å². The van der Waals surface area contributed by atoms with Gasteiger partial charge in [-0.25, -0.2) is 4.79 Å². The van der Waals surface area contributed by atoms with Gasteiger partial charge < -0.3 is 10.8 Å². The van der Waals surface area contributed by atoms with Crippen LogP contribution in [0.25, 0.3) is 9.75 Å². The molecule has 0 aliphatic rings. The molecule has 2 heterocycles. The minimum atomic E-state index is -0.971. The summed E-state index contributed by atoms with van der Waals surface area (Å²) in [7, 11) is 0. The van der Waals surface area contributed by atoms with Gasteiger partial charge in [0.25, 0.3) is 0 Å². The van der Waals surface area contributed by atoms with Gasteiger partial charge in [-0.1, -0.05) is 0 Å². The molecule has 0 saturated carbocycles. The highest BCUT2D eigenvalue weighted by molar-refractivity contribution is 9.11. The molecule has 6 heteroatoms. The number of nitrogen functional groups attached to an aromatic ring is 1. The number of hydrogen-bond donors (Lipinski definition) is 2. The number of carboxylic acids is 1. The van der Waals surface area contributed by atoms with Crippen LogP contribution in [0.3, 0.4) is 0 Å². The van der Waals surface area contributed by atoms with Gasteiger partial charge in [0.1, 0.15) is 4.88 Å². The molecule has 2 aromatic rings. The number of anilines is 1. The minimum absolute atomic E-state index is 0.206. The standard InChI is InChI=1S/C10H8BrNO2S2/c1-4-2-6(16-9(4)11)7-3-5(12)8(15-7)10(13)14/h2-3H,12H2,1H3,(H,13,14). The summed E-state index contributed by atoms with van der Waals surface area (Å²) in [6.45, 7) is 2.00. The Hall–Kier alpha value is -0.850. The van der Waals surface area contributed by atoms with Crippen molar-refractivity contribution >= 4 is 50.3 Å². The first kappa shape index (κ1) is 11.6. The summed E-state index contributed by atoms with van der Waals surface area (Å²) in [4.78, 5) is 13.0. The molecule has 0 bridgehead atoms. The van der Waals surface area contributed by atoms with Crippen molar-refractivity contribution < 1.29 is 9.90 Å². The fourth-order valence-corrected chi connectivity index (χ4v) is 3.80. The lowest BCUT2D eigenvalue weighted by molar-refractivity contribution is 0.0703. The van der Waals surface area contributed by atoms with E-state index in [1.807, 2.05) is 13.0 Å². The lowest BCUT2D eigenvalue weighted by atomic mass is 10.3. The van der Waals surface area contributed by atoms with E-state index in [0.29, 0.717) is 5.69 Å². The molecule has 0 spiro atoms. The number of halogens is 1. The Morgan fingerprint density at radius 3 is 2.44 bits per heavy atom. The van der Waals surface area contributed by atoms with Crippen LogP contribution in [0.2, 0.25) is 0 Å². The van der Waals surface area contributed by atoms with E-state index in [0.717, 1.165) is 19.1 Å². The van der Waals surface area contributed by atoms with Crippen molar-refractivity contribution in [3.8, 4) is 9.75 Å². The number of carboxylic acid groups (broad SMARTS) is 1. The second kappa shape index (κ2) is 4.20. The summed E-state index contributed by atoms with van der Waals surface area (Å²) in [5.74, 6) is -0.971. The molecule has 0 fully saturated rings. The SMILES string of the molecule is Cc1cc(-c2cc(N)c(C(=O)O)s2)sc1Br. The Balaban J connectivity index is 2.49. The topological polar surface area (TPSA) is 63.3 Å². The Kier molecular flexibility index (Phi) is 3.05. The molecule has 0 atom stereocenters. The van der Waals surface area contributed by atoms with E-state index in [-0.39, 0.29) is 4.88 Å². The normalized spacial score (nSPS) is 10.6. The second-order valence-electron chi connectivity index (χ2n) is 3.27. The Morgan fingerprint density at radius 2 is 2.00 bits per heavy atom. The first-order chi connectivity index (χ1) is 7.49. The molecule has 0 aliphatic carbocycles. The molecule has 0 aromatic carbocycles. The molecule has 0 saturated heterocycles. The van der Waals surface area contributed by atoms with Crippen LogP contribution in [0.15, 0.2) is 15.9 Å². The van der Waals surface area contributed by atoms with Crippen LogP contribution in [0, 0.1) is 6.92 Å². The van der Waals surface area contributed by atoms with Crippen molar-refractivity contribution in [3.63, 3.8) is 0 Å². The van der Waals surface area contributed by atoms with Crippen LogP contribution in [-0.2, 0) is 0 Å². The maximum atomic E-state index is 10.9. The summed E-state index contributed by atoms with van der Waals surface area (Å²) in [6, 6.07) is 3.73. The molecule has 2 aromatic heterocycles. The van der Waals surface area contributed by atoms with Gasteiger partial charge in [0.2, 0.25) is 0 Å². The van der Waals surface area contributed by atoms with Crippen molar-refractivity contribution in [1.82, 2.24) is 0 Å². The van der Waals surface area contributed by atoms with Gasteiger partial charge in [-0.2, -0.15) is 0 Å². The third kappa shape index (κ3) is 2.00. The highest BCUT2D eigenvalue weighted by Crippen LogP contribution is 2.40. The van der Waals surface area contributed by atoms with Crippen LogP contribution in [-0.4, -0.2) is 11.1 Å². The fraction of sp³-hybridized carbons (Fsp3) is 0.100. The lowest BCUT2D eigenvalue weighted by Gasteiger charge is -1.87. The zero-order chi connectivity index (χ0) is 11.9. The molecule has 0 unspecified atom stereocenters. The smallest absolute Gasteiger partial charge is 0.348 e. The molecular formula is C10H8BrNO2S2. The fourth-order valence-electron chi connectivity index (χ4n) is 1.27. The van der Waals surface area contributed by atoms with Gasteiger partial charge in [-0.15, -0.1) is 22.7 Å². The van der Waals surface area contributed by atoms with E-state index >= 15 is 0 Å². The van der Waals surface area contributed by atoms with Crippen LogP contribution in [0.4, 0.5) is 5.69 Å². The number of aryl methyl sites for hydroxylation is 1. The van der Waals surface area contributed by atoms with Gasteiger partial charge >= 0.3 is 5.97 Å². The third-order valence-corrected chi connectivity index (χ3v) is 5.53. The quantitative estimate of drug-likeness (QED) is 0.884. The second-order valence-corrected chi connectivity index (χ2v) is 6.69. The molecule has 2 rings (SSSR count). The van der Waals surface area contributed by atoms with E-state index in [4.69, 9.17) is 10.8 Å². The monoisotopic (exact) mass is 317 g/mol. The number of carbonyl (C=O) groups is 1. The summed E-state index contributed by atoms with van der Waals surface area (Å²) in [6.07, 6.45) is 0. The molecule has 0 radical (unpaired) electrons. The van der Waals surface area contributed by atoms with Crippen LogP contribution < -0.4 is 5.73 Å². The average molecular weight is 318 g/mol. The van der Waals surface area contributed by atoms with Crippen LogP contribution in [0.1, 0.15) is 15.2 Å². The minimum Gasteiger partial charge on any atom is -0.477 e. The molecule has 84 valence electrons. The summed E-state index contributed by atoms with van der Waals surface area (Å²) >= 11 is 6.23. The highest BCUT2D eigenvalue weighted by atomic mass is 79.9. The van der Waals surface area contributed by atoms with E-state index in [1.165, 1.54) is 11.3 Å². The zero-order valence-electron chi connectivity index (χ0n) is 8.28. The predicted molar refractivity (Wildman–Crippen MR) is 71.4 cm³/mol. The lowest BCUT2D eigenvalue weighted by Crippen LogP contribution is -1.96. The maximum Gasteiger partial charge on any atom is 0.348 e. The van der Waals surface area contributed by atoms with Crippen LogP contribution >= 0.6 is 38.6 Å². The van der Waals surface area contributed by atoms with E-state index in [1.54, 1.807) is 17.4 Å².